The fourth-order valence-corrected chi connectivity index (χ4v) is 3.44. The highest BCUT2D eigenvalue weighted by molar-refractivity contribution is 14.1. The molecular weight excluding hydrogens is 479 g/mol. The van der Waals surface area contributed by atoms with Gasteiger partial charge < -0.3 is 14.8 Å². The van der Waals surface area contributed by atoms with E-state index < -0.39 is 0 Å². The van der Waals surface area contributed by atoms with E-state index >= 15 is 0 Å². The normalized spacial score (nSPS) is 10.7. The van der Waals surface area contributed by atoms with Crippen molar-refractivity contribution in [3.63, 3.8) is 0 Å². The molecule has 0 heterocycles. The Labute approximate surface area is 183 Å². The molecule has 0 unspecified atom stereocenters. The summed E-state index contributed by atoms with van der Waals surface area (Å²) in [4.78, 5) is 16.7. The van der Waals surface area contributed by atoms with Gasteiger partial charge in [-0.25, -0.2) is 0 Å². The first-order valence-corrected chi connectivity index (χ1v) is 10.1. The van der Waals surface area contributed by atoms with E-state index in [2.05, 4.69) is 32.9 Å². The molecule has 0 fully saturated rings. The van der Waals surface area contributed by atoms with Gasteiger partial charge in [0.2, 0.25) is 0 Å². The molecule has 0 saturated heterocycles. The van der Waals surface area contributed by atoms with Crippen molar-refractivity contribution in [1.29, 1.82) is 0 Å². The fourth-order valence-electron chi connectivity index (χ4n) is 2.66. The minimum absolute atomic E-state index is 0.113. The van der Waals surface area contributed by atoms with Crippen molar-refractivity contribution in [2.45, 2.75) is 6.92 Å². The van der Waals surface area contributed by atoms with Gasteiger partial charge in [0.05, 0.1) is 16.4 Å². The number of nitrogens with one attached hydrogen (secondary N) is 1. The number of carbonyl (C=O) groups is 1. The van der Waals surface area contributed by atoms with Crippen molar-refractivity contribution in [2.75, 3.05) is 19.0 Å². The second kappa shape index (κ2) is 10.1. The first-order chi connectivity index (χ1) is 14.1. The number of anilines is 1. The molecule has 1 N–H and O–H groups in total. The molecule has 0 saturated carbocycles. The number of nitrogens with zero attached hydrogens (tertiary/aromatic N) is 1. The second-order valence-electron chi connectivity index (χ2n) is 6.28. The van der Waals surface area contributed by atoms with Crippen LogP contribution < -0.4 is 14.8 Å². The van der Waals surface area contributed by atoms with Crippen LogP contribution >= 0.6 is 22.6 Å². The molecular formula is C23H21IN2O3. The lowest BCUT2D eigenvalue weighted by Gasteiger charge is -2.13. The van der Waals surface area contributed by atoms with Crippen LogP contribution in [0.3, 0.4) is 0 Å². The Kier molecular flexibility index (Phi) is 7.24. The summed E-state index contributed by atoms with van der Waals surface area (Å²) < 4.78 is 12.0. The Bertz CT molecular complexity index is 1020. The van der Waals surface area contributed by atoms with Crippen LogP contribution in [-0.2, 0) is 4.79 Å². The zero-order valence-corrected chi connectivity index (χ0v) is 18.3. The number of methoxy groups -OCH3 is 1. The molecule has 0 bridgehead atoms. The Morgan fingerprint density at radius 3 is 2.55 bits per heavy atom. The Hall–Kier alpha value is -2.87. The van der Waals surface area contributed by atoms with E-state index in [9.17, 15) is 4.79 Å². The number of benzene rings is 3. The van der Waals surface area contributed by atoms with Crippen LogP contribution in [0.2, 0.25) is 0 Å². The lowest BCUT2D eigenvalue weighted by molar-refractivity contribution is -0.118. The molecule has 6 heteroatoms. The number of carbonyl (C=O) groups excluding carboxylic acids is 1. The average molecular weight is 500 g/mol. The first-order valence-electron chi connectivity index (χ1n) is 9.02. The van der Waals surface area contributed by atoms with Gasteiger partial charge in [-0.1, -0.05) is 36.4 Å². The minimum Gasteiger partial charge on any atom is -0.493 e. The van der Waals surface area contributed by atoms with E-state index in [4.69, 9.17) is 9.47 Å². The lowest BCUT2D eigenvalue weighted by Crippen LogP contribution is -2.20. The first kappa shape index (κ1) is 20.9. The molecule has 148 valence electrons. The van der Waals surface area contributed by atoms with Crippen molar-refractivity contribution in [1.82, 2.24) is 0 Å². The molecule has 3 rings (SSSR count). The average Bonchev–Trinajstić information content (AvgIpc) is 2.72. The smallest absolute Gasteiger partial charge is 0.262 e. The standard InChI is InChI=1S/C23H21IN2O3/c1-16-8-6-7-11-20(16)25-14-17-12-19(24)23(21(13-17)28-2)29-15-22(27)26-18-9-4-3-5-10-18/h3-14H,15H2,1-2H3,(H,26,27). The summed E-state index contributed by atoms with van der Waals surface area (Å²) >= 11 is 2.17. The van der Waals surface area contributed by atoms with Crippen molar-refractivity contribution < 1.29 is 14.3 Å². The number of para-hydroxylation sites is 2. The van der Waals surface area contributed by atoms with Gasteiger partial charge in [-0.15, -0.1) is 0 Å². The predicted octanol–water partition coefficient (Wildman–Crippen LogP) is 5.38. The summed E-state index contributed by atoms with van der Waals surface area (Å²) in [5.74, 6) is 0.847. The number of hydrogen-bond donors (Lipinski definition) is 1. The van der Waals surface area contributed by atoms with Crippen molar-refractivity contribution in [2.24, 2.45) is 4.99 Å². The van der Waals surface area contributed by atoms with Gasteiger partial charge in [0.1, 0.15) is 0 Å². The van der Waals surface area contributed by atoms with E-state index in [1.807, 2.05) is 73.7 Å². The molecule has 0 aliphatic carbocycles. The number of ether oxygens (including phenoxy) is 2. The third-order valence-electron chi connectivity index (χ3n) is 4.13. The lowest BCUT2D eigenvalue weighted by atomic mass is 10.2. The molecule has 0 spiro atoms. The topological polar surface area (TPSA) is 59.9 Å². The second-order valence-corrected chi connectivity index (χ2v) is 7.44. The van der Waals surface area contributed by atoms with E-state index in [1.54, 1.807) is 13.3 Å². The third kappa shape index (κ3) is 5.80. The van der Waals surface area contributed by atoms with E-state index in [-0.39, 0.29) is 12.5 Å². The third-order valence-corrected chi connectivity index (χ3v) is 4.93. The van der Waals surface area contributed by atoms with E-state index in [1.165, 1.54) is 0 Å². The highest BCUT2D eigenvalue weighted by atomic mass is 127. The molecule has 5 nitrogen and oxygen atoms in total. The van der Waals surface area contributed by atoms with E-state index in [0.29, 0.717) is 11.5 Å². The number of hydrogen-bond acceptors (Lipinski definition) is 4. The summed E-state index contributed by atoms with van der Waals surface area (Å²) in [5.41, 5.74) is 3.63. The SMILES string of the molecule is COc1cc(C=Nc2ccccc2C)cc(I)c1OCC(=O)Nc1ccccc1. The quantitative estimate of drug-likeness (QED) is 0.350. The maximum Gasteiger partial charge on any atom is 0.262 e. The Balaban J connectivity index is 1.71. The summed E-state index contributed by atoms with van der Waals surface area (Å²) in [6, 6.07) is 21.0. The van der Waals surface area contributed by atoms with Crippen molar-refractivity contribution in [3.8, 4) is 11.5 Å². The molecule has 3 aromatic rings. The van der Waals surface area contributed by atoms with E-state index in [0.717, 1.165) is 26.1 Å². The Morgan fingerprint density at radius 2 is 1.83 bits per heavy atom. The summed E-state index contributed by atoms with van der Waals surface area (Å²) in [6.45, 7) is 1.91. The number of halogens is 1. The summed E-state index contributed by atoms with van der Waals surface area (Å²) in [5, 5.41) is 2.80. The van der Waals surface area contributed by atoms with Crippen LogP contribution in [0.1, 0.15) is 11.1 Å². The van der Waals surface area contributed by atoms with Crippen LogP contribution in [0, 0.1) is 10.5 Å². The van der Waals surface area contributed by atoms with Gasteiger partial charge in [0, 0.05) is 11.9 Å². The molecule has 0 atom stereocenters. The summed E-state index contributed by atoms with van der Waals surface area (Å²) in [6.07, 6.45) is 1.79. The van der Waals surface area contributed by atoms with Crippen LogP contribution in [0.4, 0.5) is 11.4 Å². The molecule has 0 aromatic heterocycles. The van der Waals surface area contributed by atoms with Gasteiger partial charge in [-0.2, -0.15) is 0 Å². The number of aliphatic imine (C=N–C) groups is 1. The minimum atomic E-state index is -0.237. The highest BCUT2D eigenvalue weighted by Gasteiger charge is 2.13. The zero-order chi connectivity index (χ0) is 20.6. The monoisotopic (exact) mass is 500 g/mol. The highest BCUT2D eigenvalue weighted by Crippen LogP contribution is 2.33. The molecule has 0 aliphatic rings. The fraction of sp³-hybridized carbons (Fsp3) is 0.130. The van der Waals surface area contributed by atoms with Crippen molar-refractivity contribution in [3.05, 3.63) is 81.4 Å². The van der Waals surface area contributed by atoms with Gasteiger partial charge >= 0.3 is 0 Å². The van der Waals surface area contributed by atoms with Gasteiger partial charge in [0.15, 0.2) is 18.1 Å². The molecule has 0 radical (unpaired) electrons. The zero-order valence-electron chi connectivity index (χ0n) is 16.2. The van der Waals surface area contributed by atoms with Gasteiger partial charge in [0.25, 0.3) is 5.91 Å². The van der Waals surface area contributed by atoms with Crippen molar-refractivity contribution >= 4 is 46.1 Å². The molecule has 1 amide bonds. The maximum absolute atomic E-state index is 12.2. The Morgan fingerprint density at radius 1 is 1.10 bits per heavy atom. The number of amides is 1. The predicted molar refractivity (Wildman–Crippen MR) is 125 cm³/mol. The molecule has 3 aromatic carbocycles. The van der Waals surface area contributed by atoms with Gasteiger partial charge in [-0.3, -0.25) is 9.79 Å². The van der Waals surface area contributed by atoms with Crippen LogP contribution in [0.15, 0.2) is 71.7 Å². The maximum atomic E-state index is 12.2. The van der Waals surface area contributed by atoms with Gasteiger partial charge in [-0.05, 0) is 71.0 Å². The largest absolute Gasteiger partial charge is 0.493 e. The van der Waals surface area contributed by atoms with Crippen LogP contribution in [0.25, 0.3) is 0 Å². The number of aryl methyl sites for hydroxylation is 1. The number of rotatable bonds is 7. The molecule has 0 aliphatic heterocycles. The summed E-state index contributed by atoms with van der Waals surface area (Å²) in [7, 11) is 1.57. The van der Waals surface area contributed by atoms with Crippen LogP contribution in [0.5, 0.6) is 11.5 Å². The molecule has 29 heavy (non-hydrogen) atoms. The van der Waals surface area contributed by atoms with Crippen LogP contribution in [-0.4, -0.2) is 25.8 Å².